The fourth-order valence-electron chi connectivity index (χ4n) is 6.79. The third-order valence-corrected chi connectivity index (χ3v) is 8.87. The maximum atomic E-state index is 6.54. The largest absolute Gasteiger partial charge is 0.383 e. The predicted octanol–water partition coefficient (Wildman–Crippen LogP) is 4.31. The van der Waals surface area contributed by atoms with E-state index >= 15 is 0 Å². The average molecular weight is 477 g/mol. The minimum atomic E-state index is -0.585. The predicted molar refractivity (Wildman–Crippen MR) is 132 cm³/mol. The topological polar surface area (TPSA) is 114 Å². The van der Waals surface area contributed by atoms with E-state index in [4.69, 9.17) is 20.9 Å². The van der Waals surface area contributed by atoms with Gasteiger partial charge in [0, 0.05) is 11.6 Å². The molecule has 4 N–H and O–H groups in total. The van der Waals surface area contributed by atoms with Crippen LogP contribution in [0.4, 0.5) is 10.9 Å². The van der Waals surface area contributed by atoms with Gasteiger partial charge in [0.1, 0.15) is 23.9 Å². The SMILES string of the molecule is CC1(C)O[C@H]2[C@H](n3ccc4c(N)ncnc43)CC3(CC(Cc4ccc5sc(N)nc5c4)C3)[C@H]2O1. The van der Waals surface area contributed by atoms with E-state index in [9.17, 15) is 0 Å². The summed E-state index contributed by atoms with van der Waals surface area (Å²) in [7, 11) is 0. The molecule has 0 radical (unpaired) electrons. The second kappa shape index (κ2) is 6.90. The van der Waals surface area contributed by atoms with E-state index in [1.165, 1.54) is 5.56 Å². The van der Waals surface area contributed by atoms with Gasteiger partial charge in [-0.15, -0.1) is 0 Å². The molecule has 3 atom stereocenters. The molecule has 3 fully saturated rings. The van der Waals surface area contributed by atoms with Crippen molar-refractivity contribution in [2.45, 2.75) is 63.6 Å². The fraction of sp³-hybridized carbons (Fsp3) is 0.480. The van der Waals surface area contributed by atoms with Crippen LogP contribution in [0.2, 0.25) is 0 Å². The van der Waals surface area contributed by atoms with Crippen LogP contribution < -0.4 is 11.5 Å². The van der Waals surface area contributed by atoms with E-state index in [0.29, 0.717) is 16.9 Å². The molecule has 1 aliphatic heterocycles. The van der Waals surface area contributed by atoms with Crippen LogP contribution in [0.3, 0.4) is 0 Å². The van der Waals surface area contributed by atoms with Gasteiger partial charge in [0.15, 0.2) is 10.9 Å². The highest BCUT2D eigenvalue weighted by Gasteiger charge is 2.65. The molecule has 4 aromatic rings. The van der Waals surface area contributed by atoms with Crippen molar-refractivity contribution in [3.8, 4) is 0 Å². The molecular weight excluding hydrogens is 448 g/mol. The number of fused-ring (bicyclic) bond motifs is 4. The van der Waals surface area contributed by atoms with Gasteiger partial charge >= 0.3 is 0 Å². The Morgan fingerprint density at radius 3 is 2.82 bits per heavy atom. The van der Waals surface area contributed by atoms with Crippen molar-refractivity contribution in [1.29, 1.82) is 0 Å². The van der Waals surface area contributed by atoms with Crippen LogP contribution in [0, 0.1) is 11.3 Å². The standard InChI is InChI=1S/C25H28N6O2S/c1-24(2)32-19-17(31-6-5-15-21(26)28-12-29-22(15)31)11-25(20(19)33-24)9-14(10-25)7-13-3-4-18-16(8-13)30-23(27)34-18/h3-6,8,12,14,17,19-20H,7,9-11H2,1-2H3,(H2,27,30)(H2,26,28,29)/t14?,17-,19+,20+,25?/m1/s1. The third-order valence-electron chi connectivity index (χ3n) is 8.01. The van der Waals surface area contributed by atoms with Gasteiger partial charge in [0.2, 0.25) is 0 Å². The van der Waals surface area contributed by atoms with E-state index in [1.54, 1.807) is 17.7 Å². The van der Waals surface area contributed by atoms with Crippen molar-refractivity contribution in [3.63, 3.8) is 0 Å². The number of benzene rings is 1. The molecule has 3 aliphatic rings. The normalized spacial score (nSPS) is 31.9. The molecule has 0 unspecified atom stereocenters. The molecule has 8 nitrogen and oxygen atoms in total. The molecule has 1 aromatic carbocycles. The van der Waals surface area contributed by atoms with Crippen LogP contribution in [-0.2, 0) is 15.9 Å². The highest BCUT2D eigenvalue weighted by Crippen LogP contribution is 2.64. The maximum Gasteiger partial charge on any atom is 0.181 e. The molecule has 2 saturated carbocycles. The summed E-state index contributed by atoms with van der Waals surface area (Å²) < 4.78 is 16.4. The van der Waals surface area contributed by atoms with Crippen molar-refractivity contribution in [2.75, 3.05) is 11.5 Å². The van der Waals surface area contributed by atoms with E-state index in [2.05, 4.69) is 43.9 Å². The van der Waals surface area contributed by atoms with Gasteiger partial charge in [-0.3, -0.25) is 0 Å². The van der Waals surface area contributed by atoms with Crippen LogP contribution in [0.25, 0.3) is 21.3 Å². The van der Waals surface area contributed by atoms with E-state index < -0.39 is 5.79 Å². The Morgan fingerprint density at radius 1 is 1.12 bits per heavy atom. The van der Waals surface area contributed by atoms with Crippen molar-refractivity contribution in [3.05, 3.63) is 42.4 Å². The summed E-state index contributed by atoms with van der Waals surface area (Å²) in [6.45, 7) is 4.05. The number of nitrogens with two attached hydrogens (primary N) is 2. The minimum Gasteiger partial charge on any atom is -0.383 e. The first kappa shape index (κ1) is 20.6. The lowest BCUT2D eigenvalue weighted by atomic mass is 9.58. The molecule has 3 aromatic heterocycles. The summed E-state index contributed by atoms with van der Waals surface area (Å²) in [6.07, 6.45) is 8.05. The Kier molecular flexibility index (Phi) is 4.18. The summed E-state index contributed by atoms with van der Waals surface area (Å²) >= 11 is 1.54. The Bertz CT molecular complexity index is 1420. The summed E-state index contributed by atoms with van der Waals surface area (Å²) in [5.74, 6) is 0.553. The van der Waals surface area contributed by atoms with Crippen LogP contribution in [0.5, 0.6) is 0 Å². The summed E-state index contributed by atoms with van der Waals surface area (Å²) in [5.41, 5.74) is 15.3. The average Bonchev–Trinajstić information content (AvgIpc) is 3.48. The van der Waals surface area contributed by atoms with E-state index in [1.807, 2.05) is 19.9 Å². The van der Waals surface area contributed by atoms with Gasteiger partial charge in [-0.25, -0.2) is 15.0 Å². The molecule has 1 spiro atoms. The molecule has 0 bridgehead atoms. The second-order valence-corrected chi connectivity index (χ2v) is 11.8. The Balaban J connectivity index is 1.16. The zero-order chi connectivity index (χ0) is 23.2. The first-order chi connectivity index (χ1) is 16.3. The van der Waals surface area contributed by atoms with E-state index in [-0.39, 0.29) is 23.7 Å². The number of hydrogen-bond donors (Lipinski definition) is 2. The fourth-order valence-corrected chi connectivity index (χ4v) is 7.51. The number of nitrogen functional groups attached to an aromatic ring is 2. The van der Waals surface area contributed by atoms with E-state index in [0.717, 1.165) is 46.9 Å². The lowest BCUT2D eigenvalue weighted by Gasteiger charge is -2.49. The first-order valence-corrected chi connectivity index (χ1v) is 12.7. The molecule has 9 heteroatoms. The maximum absolute atomic E-state index is 6.54. The van der Waals surface area contributed by atoms with Gasteiger partial charge < -0.3 is 25.5 Å². The van der Waals surface area contributed by atoms with Crippen LogP contribution >= 0.6 is 11.3 Å². The molecule has 0 amide bonds. The molecule has 2 aliphatic carbocycles. The van der Waals surface area contributed by atoms with Crippen LogP contribution in [0.1, 0.15) is 44.7 Å². The molecule has 34 heavy (non-hydrogen) atoms. The molecule has 4 heterocycles. The Morgan fingerprint density at radius 2 is 1.97 bits per heavy atom. The zero-order valence-corrected chi connectivity index (χ0v) is 20.1. The molecule has 7 rings (SSSR count). The van der Waals surface area contributed by atoms with Crippen molar-refractivity contribution in [2.24, 2.45) is 11.3 Å². The number of anilines is 2. The van der Waals surface area contributed by atoms with Crippen LogP contribution in [0.15, 0.2) is 36.8 Å². The summed E-state index contributed by atoms with van der Waals surface area (Å²) in [4.78, 5) is 13.2. The van der Waals surface area contributed by atoms with Crippen molar-refractivity contribution in [1.82, 2.24) is 19.5 Å². The summed E-state index contributed by atoms with van der Waals surface area (Å²) in [5, 5.41) is 1.52. The van der Waals surface area contributed by atoms with Crippen molar-refractivity contribution < 1.29 is 9.47 Å². The quantitative estimate of drug-likeness (QED) is 0.453. The van der Waals surface area contributed by atoms with Gasteiger partial charge in [0.05, 0.1) is 27.7 Å². The number of thiazole rings is 1. The van der Waals surface area contributed by atoms with Gasteiger partial charge in [-0.1, -0.05) is 17.4 Å². The first-order valence-electron chi connectivity index (χ1n) is 11.9. The number of nitrogens with zero attached hydrogens (tertiary/aromatic N) is 4. The second-order valence-electron chi connectivity index (χ2n) is 10.7. The van der Waals surface area contributed by atoms with Gasteiger partial charge in [-0.05, 0) is 69.2 Å². The summed E-state index contributed by atoms with van der Waals surface area (Å²) in [6, 6.07) is 8.74. The Labute approximate surface area is 201 Å². The van der Waals surface area contributed by atoms with Gasteiger partial charge in [-0.2, -0.15) is 0 Å². The molecular formula is C25H28N6O2S. The third kappa shape index (κ3) is 3.00. The minimum absolute atomic E-state index is 0.00271. The van der Waals surface area contributed by atoms with Gasteiger partial charge in [0.25, 0.3) is 0 Å². The molecule has 1 saturated heterocycles. The smallest absolute Gasteiger partial charge is 0.181 e. The van der Waals surface area contributed by atoms with Crippen LogP contribution in [-0.4, -0.2) is 37.5 Å². The van der Waals surface area contributed by atoms with Crippen molar-refractivity contribution >= 4 is 43.5 Å². The number of aromatic nitrogens is 4. The number of rotatable bonds is 3. The lowest BCUT2D eigenvalue weighted by Crippen LogP contribution is -2.46. The number of hydrogen-bond acceptors (Lipinski definition) is 8. The molecule has 176 valence electrons. The highest BCUT2D eigenvalue weighted by molar-refractivity contribution is 7.22. The highest BCUT2D eigenvalue weighted by atomic mass is 32.1. The lowest BCUT2D eigenvalue weighted by molar-refractivity contribution is -0.181. The number of ether oxygens (including phenoxy) is 2. The monoisotopic (exact) mass is 476 g/mol. The Hall–Kier alpha value is -2.75. The zero-order valence-electron chi connectivity index (χ0n) is 19.3.